The van der Waals surface area contributed by atoms with E-state index in [-0.39, 0.29) is 17.3 Å². The predicted molar refractivity (Wildman–Crippen MR) is 71.2 cm³/mol. The minimum absolute atomic E-state index is 0.0128. The van der Waals surface area contributed by atoms with E-state index in [0.29, 0.717) is 11.6 Å². The smallest absolute Gasteiger partial charge is 0.319 e. The lowest BCUT2D eigenvalue weighted by Gasteiger charge is -2.00. The van der Waals surface area contributed by atoms with Gasteiger partial charge in [-0.3, -0.25) is 4.79 Å². The van der Waals surface area contributed by atoms with Crippen LogP contribution in [0.2, 0.25) is 0 Å². The molecule has 2 heterocycles. The highest BCUT2D eigenvalue weighted by Crippen LogP contribution is 2.30. The Hall–Kier alpha value is -1.82. The van der Waals surface area contributed by atoms with Crippen molar-refractivity contribution in [1.29, 1.82) is 0 Å². The number of hydrogen-bond acceptors (Lipinski definition) is 5. The van der Waals surface area contributed by atoms with Gasteiger partial charge < -0.3 is 4.74 Å². The summed E-state index contributed by atoms with van der Waals surface area (Å²) in [5.41, 5.74) is 0.948. The van der Waals surface area contributed by atoms with Crippen LogP contribution in [0.15, 0.2) is 41.8 Å². The highest BCUT2D eigenvalue weighted by atomic mass is 32.2. The molecule has 1 aliphatic heterocycles. The molecule has 2 atom stereocenters. The van der Waals surface area contributed by atoms with Crippen molar-refractivity contribution in [3.05, 3.63) is 36.7 Å². The molecule has 0 amide bonds. The van der Waals surface area contributed by atoms with Crippen LogP contribution in [-0.4, -0.2) is 32.1 Å². The standard InChI is InChI=1S/C13H13N3O2S/c1-9-7-11(12(17)18-9)19-13-14-8-16(15-13)10-5-3-2-4-6-10/h2-6,8-9,11H,7H2,1H3/t9-,11-/m1/s1. The first kappa shape index (κ1) is 12.2. The quantitative estimate of drug-likeness (QED) is 0.803. The fourth-order valence-electron chi connectivity index (χ4n) is 1.95. The number of para-hydroxylation sites is 1. The maximum Gasteiger partial charge on any atom is 0.319 e. The van der Waals surface area contributed by atoms with Crippen molar-refractivity contribution in [3.8, 4) is 5.69 Å². The molecule has 2 aromatic rings. The highest BCUT2D eigenvalue weighted by Gasteiger charge is 2.33. The number of hydrogen-bond donors (Lipinski definition) is 0. The van der Waals surface area contributed by atoms with E-state index in [0.717, 1.165) is 5.69 Å². The van der Waals surface area contributed by atoms with Gasteiger partial charge in [0, 0.05) is 6.42 Å². The lowest BCUT2D eigenvalue weighted by atomic mass is 10.3. The van der Waals surface area contributed by atoms with Gasteiger partial charge >= 0.3 is 5.97 Å². The summed E-state index contributed by atoms with van der Waals surface area (Å²) >= 11 is 1.36. The summed E-state index contributed by atoms with van der Waals surface area (Å²) in [6, 6.07) is 9.75. The number of carbonyl (C=O) groups excluding carboxylic acids is 1. The Morgan fingerprint density at radius 1 is 1.37 bits per heavy atom. The van der Waals surface area contributed by atoms with Crippen LogP contribution in [0.25, 0.3) is 5.69 Å². The molecule has 1 aliphatic rings. The second-order valence-corrected chi connectivity index (χ2v) is 5.57. The van der Waals surface area contributed by atoms with Gasteiger partial charge in [-0.2, -0.15) is 0 Å². The van der Waals surface area contributed by atoms with E-state index < -0.39 is 0 Å². The molecule has 1 aromatic carbocycles. The fourth-order valence-corrected chi connectivity index (χ4v) is 2.97. The van der Waals surface area contributed by atoms with Crippen molar-refractivity contribution in [1.82, 2.24) is 14.8 Å². The Labute approximate surface area is 115 Å². The lowest BCUT2D eigenvalue weighted by molar-refractivity contribution is -0.140. The second kappa shape index (κ2) is 5.05. The van der Waals surface area contributed by atoms with Crippen molar-refractivity contribution >= 4 is 17.7 Å². The van der Waals surface area contributed by atoms with Crippen molar-refractivity contribution in [3.63, 3.8) is 0 Å². The number of carbonyl (C=O) groups is 1. The number of rotatable bonds is 3. The molecule has 0 radical (unpaired) electrons. The fraction of sp³-hybridized carbons (Fsp3) is 0.308. The summed E-state index contributed by atoms with van der Waals surface area (Å²) in [6.07, 6.45) is 2.35. The molecular weight excluding hydrogens is 262 g/mol. The lowest BCUT2D eigenvalue weighted by Crippen LogP contribution is -2.09. The Balaban J connectivity index is 1.74. The first-order valence-corrected chi connectivity index (χ1v) is 6.94. The third-order valence-electron chi connectivity index (χ3n) is 2.87. The van der Waals surface area contributed by atoms with Crippen LogP contribution in [0.5, 0.6) is 0 Å². The summed E-state index contributed by atoms with van der Waals surface area (Å²) < 4.78 is 6.82. The van der Waals surface area contributed by atoms with Crippen LogP contribution >= 0.6 is 11.8 Å². The number of cyclic esters (lactones) is 1. The molecule has 5 nitrogen and oxygen atoms in total. The molecular formula is C13H13N3O2S. The first-order valence-electron chi connectivity index (χ1n) is 6.06. The molecule has 0 N–H and O–H groups in total. The van der Waals surface area contributed by atoms with Gasteiger partial charge in [-0.05, 0) is 19.1 Å². The van der Waals surface area contributed by atoms with E-state index in [1.807, 2.05) is 37.3 Å². The zero-order valence-corrected chi connectivity index (χ0v) is 11.2. The minimum Gasteiger partial charge on any atom is -0.462 e. The van der Waals surface area contributed by atoms with Crippen LogP contribution in [0.3, 0.4) is 0 Å². The molecule has 0 bridgehead atoms. The van der Waals surface area contributed by atoms with Crippen LogP contribution in [0.4, 0.5) is 0 Å². The summed E-state index contributed by atoms with van der Waals surface area (Å²) in [7, 11) is 0. The second-order valence-electron chi connectivity index (χ2n) is 4.40. The van der Waals surface area contributed by atoms with Gasteiger partial charge in [-0.1, -0.05) is 30.0 Å². The Bertz CT molecular complexity index is 585. The van der Waals surface area contributed by atoms with Gasteiger partial charge in [0.15, 0.2) is 0 Å². The van der Waals surface area contributed by atoms with Gasteiger partial charge in [-0.25, -0.2) is 9.67 Å². The number of ether oxygens (including phenoxy) is 1. The van der Waals surface area contributed by atoms with E-state index in [1.54, 1.807) is 11.0 Å². The summed E-state index contributed by atoms with van der Waals surface area (Å²) in [5.74, 6) is -0.173. The maximum absolute atomic E-state index is 11.6. The minimum atomic E-state index is -0.193. The summed E-state index contributed by atoms with van der Waals surface area (Å²) in [6.45, 7) is 1.90. The first-order chi connectivity index (χ1) is 9.22. The molecule has 0 unspecified atom stereocenters. The van der Waals surface area contributed by atoms with Gasteiger partial charge in [0.05, 0.1) is 5.69 Å². The number of benzene rings is 1. The number of thioether (sulfide) groups is 1. The third-order valence-corrected chi connectivity index (χ3v) is 3.93. The monoisotopic (exact) mass is 275 g/mol. The average molecular weight is 275 g/mol. The van der Waals surface area contributed by atoms with Crippen molar-refractivity contribution in [2.24, 2.45) is 0 Å². The van der Waals surface area contributed by atoms with E-state index in [2.05, 4.69) is 10.1 Å². The molecule has 0 saturated carbocycles. The van der Waals surface area contributed by atoms with Gasteiger partial charge in [-0.15, -0.1) is 5.10 Å². The number of aromatic nitrogens is 3. The normalized spacial score (nSPS) is 22.5. The molecule has 0 spiro atoms. The Kier molecular flexibility index (Phi) is 3.25. The molecule has 6 heteroatoms. The molecule has 3 rings (SSSR count). The van der Waals surface area contributed by atoms with E-state index >= 15 is 0 Å². The number of nitrogens with zero attached hydrogens (tertiary/aromatic N) is 3. The van der Waals surface area contributed by atoms with Crippen LogP contribution < -0.4 is 0 Å². The molecule has 1 saturated heterocycles. The molecule has 1 fully saturated rings. The average Bonchev–Trinajstić information content (AvgIpc) is 2.99. The molecule has 0 aliphatic carbocycles. The Morgan fingerprint density at radius 3 is 2.84 bits per heavy atom. The van der Waals surface area contributed by atoms with Crippen molar-refractivity contribution in [2.45, 2.75) is 29.9 Å². The van der Waals surface area contributed by atoms with Gasteiger partial charge in [0.2, 0.25) is 5.16 Å². The predicted octanol–water partition coefficient (Wildman–Crippen LogP) is 2.06. The van der Waals surface area contributed by atoms with Crippen LogP contribution in [0.1, 0.15) is 13.3 Å². The third kappa shape index (κ3) is 2.63. The summed E-state index contributed by atoms with van der Waals surface area (Å²) in [5, 5.41) is 4.77. The van der Waals surface area contributed by atoms with Gasteiger partial charge in [0.25, 0.3) is 0 Å². The zero-order chi connectivity index (χ0) is 13.2. The molecule has 98 valence electrons. The van der Waals surface area contributed by atoms with E-state index in [1.165, 1.54) is 11.8 Å². The molecule has 19 heavy (non-hydrogen) atoms. The largest absolute Gasteiger partial charge is 0.462 e. The maximum atomic E-state index is 11.6. The summed E-state index contributed by atoms with van der Waals surface area (Å²) in [4.78, 5) is 15.8. The van der Waals surface area contributed by atoms with Crippen LogP contribution in [0, 0.1) is 0 Å². The zero-order valence-electron chi connectivity index (χ0n) is 10.4. The SMILES string of the molecule is C[C@@H]1C[C@@H](Sc2ncn(-c3ccccc3)n2)C(=O)O1. The Morgan fingerprint density at radius 2 is 2.16 bits per heavy atom. The van der Waals surface area contributed by atoms with Crippen molar-refractivity contribution < 1.29 is 9.53 Å². The van der Waals surface area contributed by atoms with Crippen LogP contribution in [-0.2, 0) is 9.53 Å². The highest BCUT2D eigenvalue weighted by molar-refractivity contribution is 8.00. The van der Waals surface area contributed by atoms with Crippen molar-refractivity contribution in [2.75, 3.05) is 0 Å². The topological polar surface area (TPSA) is 57.0 Å². The van der Waals surface area contributed by atoms with E-state index in [9.17, 15) is 4.79 Å². The molecule has 1 aromatic heterocycles. The van der Waals surface area contributed by atoms with E-state index in [4.69, 9.17) is 4.74 Å². The number of esters is 1. The van der Waals surface area contributed by atoms with Gasteiger partial charge in [0.1, 0.15) is 17.7 Å².